The molecule has 0 fully saturated rings. The summed E-state index contributed by atoms with van der Waals surface area (Å²) in [5.74, 6) is 0.943. The smallest absolute Gasteiger partial charge is 0.132 e. The third-order valence-corrected chi connectivity index (χ3v) is 3.21. The summed E-state index contributed by atoms with van der Waals surface area (Å²) in [6.07, 6.45) is 3.95. The van der Waals surface area contributed by atoms with Crippen molar-refractivity contribution < 1.29 is 4.74 Å². The van der Waals surface area contributed by atoms with E-state index in [0.29, 0.717) is 6.04 Å². The van der Waals surface area contributed by atoms with Crippen LogP contribution in [0.2, 0.25) is 0 Å². The van der Waals surface area contributed by atoms with Crippen molar-refractivity contribution in [2.45, 2.75) is 24.4 Å². The maximum absolute atomic E-state index is 5.34. The van der Waals surface area contributed by atoms with Crippen LogP contribution in [-0.4, -0.2) is 19.4 Å². The van der Waals surface area contributed by atoms with E-state index in [2.05, 4.69) is 43.3 Å². The van der Waals surface area contributed by atoms with Crippen molar-refractivity contribution in [3.63, 3.8) is 0 Å². The van der Waals surface area contributed by atoms with Crippen molar-refractivity contribution in [3.8, 4) is 5.75 Å². The van der Waals surface area contributed by atoms with E-state index in [9.17, 15) is 0 Å². The Morgan fingerprint density at radius 3 is 2.88 bits per heavy atom. The number of hydrogen-bond donors (Lipinski definition) is 1. The fraction of sp³-hybridized carbons (Fsp3) is 0.385. The Morgan fingerprint density at radius 1 is 1.56 bits per heavy atom. The summed E-state index contributed by atoms with van der Waals surface area (Å²) in [4.78, 5) is 1.17. The molecule has 1 unspecified atom stereocenters. The average molecular weight is 237 g/mol. The zero-order chi connectivity index (χ0) is 12.0. The largest absolute Gasteiger partial charge is 0.496 e. The van der Waals surface area contributed by atoms with Gasteiger partial charge in [-0.2, -0.15) is 0 Å². The van der Waals surface area contributed by atoms with Crippen molar-refractivity contribution in [2.75, 3.05) is 13.4 Å². The van der Waals surface area contributed by atoms with Gasteiger partial charge >= 0.3 is 0 Å². The van der Waals surface area contributed by atoms with Gasteiger partial charge in [-0.25, -0.2) is 0 Å². The zero-order valence-electron chi connectivity index (χ0n) is 10.1. The van der Waals surface area contributed by atoms with Crippen LogP contribution in [0.15, 0.2) is 35.7 Å². The molecule has 0 radical (unpaired) electrons. The first-order chi connectivity index (χ1) is 7.71. The molecule has 1 aromatic rings. The van der Waals surface area contributed by atoms with E-state index in [1.165, 1.54) is 10.5 Å². The van der Waals surface area contributed by atoms with Crippen LogP contribution in [0.3, 0.4) is 0 Å². The normalized spacial score (nSPS) is 12.2. The lowest BCUT2D eigenvalue weighted by Gasteiger charge is -2.11. The monoisotopic (exact) mass is 237 g/mol. The highest BCUT2D eigenvalue weighted by Crippen LogP contribution is 2.28. The Morgan fingerprint density at radius 2 is 2.31 bits per heavy atom. The maximum Gasteiger partial charge on any atom is 0.132 e. The minimum Gasteiger partial charge on any atom is -0.496 e. The third-order valence-electron chi connectivity index (χ3n) is 2.43. The van der Waals surface area contributed by atoms with Gasteiger partial charge in [-0.3, -0.25) is 0 Å². The summed E-state index contributed by atoms with van der Waals surface area (Å²) >= 11 is 1.70. The number of rotatable bonds is 6. The molecule has 3 heteroatoms. The van der Waals surface area contributed by atoms with Crippen molar-refractivity contribution in [2.24, 2.45) is 0 Å². The van der Waals surface area contributed by atoms with Crippen LogP contribution in [0.4, 0.5) is 0 Å². The molecule has 0 aliphatic carbocycles. The van der Waals surface area contributed by atoms with Crippen LogP contribution < -0.4 is 10.1 Å². The average Bonchev–Trinajstić information content (AvgIpc) is 2.35. The van der Waals surface area contributed by atoms with Crippen molar-refractivity contribution >= 4 is 11.8 Å². The van der Waals surface area contributed by atoms with Gasteiger partial charge in [0.1, 0.15) is 5.75 Å². The highest BCUT2D eigenvalue weighted by atomic mass is 32.2. The number of thioether (sulfide) groups is 1. The molecular formula is C13H19NOS. The third kappa shape index (κ3) is 3.58. The molecule has 16 heavy (non-hydrogen) atoms. The topological polar surface area (TPSA) is 21.3 Å². The summed E-state index contributed by atoms with van der Waals surface area (Å²) in [5.41, 5.74) is 1.23. The quantitative estimate of drug-likeness (QED) is 0.607. The van der Waals surface area contributed by atoms with Gasteiger partial charge in [0.25, 0.3) is 0 Å². The molecule has 0 heterocycles. The molecule has 2 nitrogen and oxygen atoms in total. The van der Waals surface area contributed by atoms with E-state index in [4.69, 9.17) is 4.74 Å². The number of hydrogen-bond acceptors (Lipinski definition) is 3. The Labute approximate surface area is 102 Å². The molecule has 88 valence electrons. The Kier molecular flexibility index (Phi) is 5.43. The summed E-state index contributed by atoms with van der Waals surface area (Å²) in [7, 11) is 1.71. The van der Waals surface area contributed by atoms with Crippen LogP contribution >= 0.6 is 11.8 Å². The Balaban J connectivity index is 2.71. The second-order valence-corrected chi connectivity index (χ2v) is 4.44. The minimum absolute atomic E-state index is 0.325. The molecule has 0 spiro atoms. The maximum atomic E-state index is 5.34. The predicted molar refractivity (Wildman–Crippen MR) is 71.3 cm³/mol. The standard InChI is InChI=1S/C13H19NOS/c1-5-10(2)14-9-11-6-7-13(16-4)12(8-11)15-3/h5-8,10,14H,1,9H2,2-4H3. The lowest BCUT2D eigenvalue weighted by molar-refractivity contribution is 0.404. The predicted octanol–water partition coefficient (Wildman–Crippen LogP) is 3.08. The molecular weight excluding hydrogens is 218 g/mol. The van der Waals surface area contributed by atoms with Gasteiger partial charge in [-0.1, -0.05) is 12.1 Å². The first-order valence-corrected chi connectivity index (χ1v) is 6.50. The van der Waals surface area contributed by atoms with Gasteiger partial charge in [0.15, 0.2) is 0 Å². The van der Waals surface area contributed by atoms with E-state index in [-0.39, 0.29) is 0 Å². The van der Waals surface area contributed by atoms with Crippen molar-refractivity contribution in [1.82, 2.24) is 5.32 Å². The minimum atomic E-state index is 0.325. The van der Waals surface area contributed by atoms with Crippen LogP contribution in [-0.2, 0) is 6.54 Å². The number of nitrogens with one attached hydrogen (secondary N) is 1. The molecule has 0 saturated heterocycles. The van der Waals surface area contributed by atoms with Gasteiger partial charge in [-0.05, 0) is 30.9 Å². The van der Waals surface area contributed by atoms with Crippen LogP contribution in [0.25, 0.3) is 0 Å². The van der Waals surface area contributed by atoms with E-state index in [1.54, 1.807) is 18.9 Å². The van der Waals surface area contributed by atoms with Gasteiger partial charge in [0.05, 0.1) is 7.11 Å². The fourth-order valence-electron chi connectivity index (χ4n) is 1.35. The van der Waals surface area contributed by atoms with E-state index in [1.807, 2.05) is 6.08 Å². The SMILES string of the molecule is C=CC(C)NCc1ccc(SC)c(OC)c1. The van der Waals surface area contributed by atoms with Crippen LogP contribution in [0, 0.1) is 0 Å². The van der Waals surface area contributed by atoms with E-state index in [0.717, 1.165) is 12.3 Å². The van der Waals surface area contributed by atoms with Crippen molar-refractivity contribution in [3.05, 3.63) is 36.4 Å². The Bertz CT molecular complexity index is 352. The van der Waals surface area contributed by atoms with Crippen LogP contribution in [0.1, 0.15) is 12.5 Å². The first kappa shape index (κ1) is 13.1. The lowest BCUT2D eigenvalue weighted by Crippen LogP contribution is -2.22. The van der Waals surface area contributed by atoms with Crippen molar-refractivity contribution in [1.29, 1.82) is 0 Å². The van der Waals surface area contributed by atoms with Gasteiger partial charge in [0, 0.05) is 17.5 Å². The summed E-state index contributed by atoms with van der Waals surface area (Å²) in [6, 6.07) is 6.62. The molecule has 0 aromatic heterocycles. The fourth-order valence-corrected chi connectivity index (χ4v) is 1.90. The molecule has 1 aromatic carbocycles. The van der Waals surface area contributed by atoms with E-state index >= 15 is 0 Å². The summed E-state index contributed by atoms with van der Waals surface area (Å²) in [5, 5.41) is 3.36. The second kappa shape index (κ2) is 6.61. The highest BCUT2D eigenvalue weighted by Gasteiger charge is 2.03. The summed E-state index contributed by atoms with van der Waals surface area (Å²) < 4.78 is 5.34. The molecule has 0 saturated carbocycles. The van der Waals surface area contributed by atoms with Gasteiger partial charge in [0.2, 0.25) is 0 Å². The molecule has 1 atom stereocenters. The molecule has 0 aliphatic heterocycles. The molecule has 0 aliphatic rings. The zero-order valence-corrected chi connectivity index (χ0v) is 10.9. The molecule has 0 bridgehead atoms. The lowest BCUT2D eigenvalue weighted by atomic mass is 10.2. The molecule has 1 rings (SSSR count). The Hall–Kier alpha value is -0.930. The van der Waals surface area contributed by atoms with Crippen LogP contribution in [0.5, 0.6) is 5.75 Å². The first-order valence-electron chi connectivity index (χ1n) is 5.28. The molecule has 0 amide bonds. The summed E-state index contributed by atoms with van der Waals surface area (Å²) in [6.45, 7) is 6.66. The van der Waals surface area contributed by atoms with E-state index < -0.39 is 0 Å². The number of benzene rings is 1. The number of ether oxygens (including phenoxy) is 1. The highest BCUT2D eigenvalue weighted by molar-refractivity contribution is 7.98. The number of methoxy groups -OCH3 is 1. The second-order valence-electron chi connectivity index (χ2n) is 3.59. The van der Waals surface area contributed by atoms with Gasteiger partial charge in [-0.15, -0.1) is 18.3 Å². The molecule has 1 N–H and O–H groups in total. The van der Waals surface area contributed by atoms with Gasteiger partial charge < -0.3 is 10.1 Å².